The lowest BCUT2D eigenvalue weighted by atomic mass is 9.82. The van der Waals surface area contributed by atoms with Gasteiger partial charge in [0.25, 0.3) is 0 Å². The van der Waals surface area contributed by atoms with Crippen molar-refractivity contribution in [2.75, 3.05) is 26.2 Å². The van der Waals surface area contributed by atoms with Crippen molar-refractivity contribution < 1.29 is 23.6 Å². The molecule has 3 aliphatic heterocycles. The first-order chi connectivity index (χ1) is 18.0. The highest BCUT2D eigenvalue weighted by molar-refractivity contribution is 5.97. The van der Waals surface area contributed by atoms with Gasteiger partial charge in [0.15, 0.2) is 12.1 Å². The van der Waals surface area contributed by atoms with E-state index in [0.29, 0.717) is 23.1 Å². The van der Waals surface area contributed by atoms with Crippen molar-refractivity contribution in [2.45, 2.75) is 31.4 Å². The van der Waals surface area contributed by atoms with E-state index in [4.69, 9.17) is 4.74 Å². The quantitative estimate of drug-likeness (QED) is 0.274. The van der Waals surface area contributed by atoms with Crippen molar-refractivity contribution in [2.24, 2.45) is 5.92 Å². The van der Waals surface area contributed by atoms with Gasteiger partial charge in [-0.25, -0.2) is 4.79 Å². The van der Waals surface area contributed by atoms with Crippen LogP contribution < -0.4 is 5.32 Å². The minimum absolute atomic E-state index is 0.126. The van der Waals surface area contributed by atoms with Crippen molar-refractivity contribution >= 4 is 17.7 Å². The maximum Gasteiger partial charge on any atom is 0.333 e. The summed E-state index contributed by atoms with van der Waals surface area (Å²) >= 11 is 0. The number of hydrogen-bond donors (Lipinski definition) is 1. The monoisotopic (exact) mass is 497 g/mol. The van der Waals surface area contributed by atoms with Crippen LogP contribution in [0.15, 0.2) is 91.0 Å². The molecule has 6 rings (SSSR count). The van der Waals surface area contributed by atoms with Crippen molar-refractivity contribution in [3.63, 3.8) is 0 Å². The molecule has 0 aromatic heterocycles. The first kappa shape index (κ1) is 24.9. The Morgan fingerprint density at radius 1 is 0.838 bits per heavy atom. The van der Waals surface area contributed by atoms with Crippen LogP contribution in [0.5, 0.6) is 0 Å². The van der Waals surface area contributed by atoms with E-state index in [1.807, 2.05) is 91.0 Å². The molecule has 3 saturated heterocycles. The van der Waals surface area contributed by atoms with Gasteiger partial charge >= 0.3 is 5.97 Å². The summed E-state index contributed by atoms with van der Waals surface area (Å²) < 4.78 is 6.78. The topological polar surface area (TPSA) is 72.5 Å². The van der Waals surface area contributed by atoms with Crippen molar-refractivity contribution in [1.29, 1.82) is 0 Å². The predicted octanol–water partition coefficient (Wildman–Crippen LogP) is 4.12. The Kier molecular flexibility index (Phi) is 7.47. The minimum atomic E-state index is -0.882. The third-order valence-electron chi connectivity index (χ3n) is 7.77. The van der Waals surface area contributed by atoms with Crippen LogP contribution in [-0.4, -0.2) is 54.4 Å². The van der Waals surface area contributed by atoms with Crippen LogP contribution in [-0.2, 0) is 20.7 Å². The molecule has 3 fully saturated rings. The Bertz CT molecular complexity index is 1220. The highest BCUT2D eigenvalue weighted by Gasteiger charge is 2.49. The van der Waals surface area contributed by atoms with Crippen LogP contribution in [0.3, 0.4) is 0 Å². The number of Topliss-reactive ketones (excluding diaryl/α,β-unsaturated/α-hetero) is 1. The summed E-state index contributed by atoms with van der Waals surface area (Å²) in [5.41, 5.74) is 2.30. The molecule has 6 nitrogen and oxygen atoms in total. The zero-order chi connectivity index (χ0) is 25.7. The van der Waals surface area contributed by atoms with E-state index in [9.17, 15) is 14.4 Å². The van der Waals surface area contributed by atoms with Gasteiger partial charge in [0.2, 0.25) is 11.7 Å². The minimum Gasteiger partial charge on any atom is -0.454 e. The fourth-order valence-electron chi connectivity index (χ4n) is 5.73. The van der Waals surface area contributed by atoms with Gasteiger partial charge in [0.05, 0.1) is 19.5 Å². The van der Waals surface area contributed by atoms with E-state index in [1.165, 1.54) is 0 Å². The standard InChI is InChI=1S/C31H32N2O4/c34-27(24-12-6-2-7-13-24)21-33-18-16-25(17-19-33)28(22-33)37-31(36)30(26-14-8-3-9-15-26)32-29(35)20-23-10-4-1-5-11-23/h1-15,25,28,30H,16-22H2/p+1/t25?,28-,30?,33?/m0/s1. The first-order valence-corrected chi connectivity index (χ1v) is 13.0. The molecule has 1 N–H and O–H groups in total. The molecule has 0 spiro atoms. The first-order valence-electron chi connectivity index (χ1n) is 13.0. The van der Waals surface area contributed by atoms with Crippen LogP contribution >= 0.6 is 0 Å². The molecule has 2 atom stereocenters. The summed E-state index contributed by atoms with van der Waals surface area (Å²) in [7, 11) is 0. The molecule has 190 valence electrons. The van der Waals surface area contributed by atoms with E-state index >= 15 is 0 Å². The van der Waals surface area contributed by atoms with Gasteiger partial charge in [0, 0.05) is 24.3 Å². The average Bonchev–Trinajstić information content (AvgIpc) is 2.93. The van der Waals surface area contributed by atoms with Crippen LogP contribution in [0.2, 0.25) is 0 Å². The van der Waals surface area contributed by atoms with Gasteiger partial charge in [-0.05, 0) is 11.1 Å². The largest absolute Gasteiger partial charge is 0.454 e. The van der Waals surface area contributed by atoms with Gasteiger partial charge < -0.3 is 14.5 Å². The number of ether oxygens (including phenoxy) is 1. The van der Waals surface area contributed by atoms with E-state index in [-0.39, 0.29) is 30.1 Å². The summed E-state index contributed by atoms with van der Waals surface area (Å²) in [5, 5.41) is 2.91. The Labute approximate surface area is 217 Å². The summed E-state index contributed by atoms with van der Waals surface area (Å²) in [5.74, 6) is -0.268. The molecule has 0 radical (unpaired) electrons. The van der Waals surface area contributed by atoms with Crippen LogP contribution in [0.25, 0.3) is 0 Å². The summed E-state index contributed by atoms with van der Waals surface area (Å²) in [4.78, 5) is 39.4. The second-order valence-electron chi connectivity index (χ2n) is 10.3. The van der Waals surface area contributed by atoms with E-state index < -0.39 is 12.0 Å². The lowest BCUT2D eigenvalue weighted by Crippen LogP contribution is -2.66. The van der Waals surface area contributed by atoms with Gasteiger partial charge in [-0.3, -0.25) is 9.59 Å². The highest BCUT2D eigenvalue weighted by Crippen LogP contribution is 2.36. The van der Waals surface area contributed by atoms with Crippen molar-refractivity contribution in [1.82, 2.24) is 5.32 Å². The Balaban J connectivity index is 1.28. The molecular weight excluding hydrogens is 464 g/mol. The number of carbonyl (C=O) groups is 3. The van der Waals surface area contributed by atoms with E-state index in [1.54, 1.807) is 0 Å². The smallest absolute Gasteiger partial charge is 0.333 e. The lowest BCUT2D eigenvalue weighted by molar-refractivity contribution is -0.938. The van der Waals surface area contributed by atoms with Crippen LogP contribution in [0, 0.1) is 5.92 Å². The number of quaternary nitrogens is 1. The van der Waals surface area contributed by atoms with Gasteiger partial charge in [-0.15, -0.1) is 0 Å². The maximum absolute atomic E-state index is 13.5. The molecule has 1 unspecified atom stereocenters. The SMILES string of the molecule is O=C(Cc1ccccc1)NC(C(=O)O[C@H]1C[N+]2(CC(=O)c3ccccc3)CCC1CC2)c1ccccc1. The highest BCUT2D eigenvalue weighted by atomic mass is 16.5. The average molecular weight is 498 g/mol. The van der Waals surface area contributed by atoms with Gasteiger partial charge in [0.1, 0.15) is 13.1 Å². The molecular formula is C31H33N2O4+. The molecule has 3 aromatic rings. The predicted molar refractivity (Wildman–Crippen MR) is 141 cm³/mol. The third kappa shape index (κ3) is 5.97. The number of nitrogens with zero attached hydrogens (tertiary/aromatic N) is 1. The third-order valence-corrected chi connectivity index (χ3v) is 7.77. The molecule has 1 amide bonds. The number of piperidine rings is 3. The molecule has 2 bridgehead atoms. The number of fused-ring (bicyclic) bond motifs is 3. The maximum atomic E-state index is 13.5. The normalized spacial score (nSPS) is 23.1. The second kappa shape index (κ2) is 11.1. The van der Waals surface area contributed by atoms with Gasteiger partial charge in [-0.1, -0.05) is 91.0 Å². The zero-order valence-electron chi connectivity index (χ0n) is 20.9. The Hall–Kier alpha value is -3.77. The summed E-state index contributed by atoms with van der Waals surface area (Å²) in [6.45, 7) is 2.90. The second-order valence-corrected chi connectivity index (χ2v) is 10.3. The van der Waals surface area contributed by atoms with E-state index in [0.717, 1.165) is 37.1 Å². The fraction of sp³-hybridized carbons (Fsp3) is 0.323. The van der Waals surface area contributed by atoms with Gasteiger partial charge in [-0.2, -0.15) is 0 Å². The number of amides is 1. The number of carbonyl (C=O) groups excluding carboxylic acids is 3. The van der Waals surface area contributed by atoms with Crippen molar-refractivity contribution in [3.8, 4) is 0 Å². The Morgan fingerprint density at radius 2 is 1.43 bits per heavy atom. The van der Waals surface area contributed by atoms with Crippen LogP contribution in [0.1, 0.15) is 40.4 Å². The van der Waals surface area contributed by atoms with Crippen molar-refractivity contribution in [3.05, 3.63) is 108 Å². The fourth-order valence-corrected chi connectivity index (χ4v) is 5.73. The molecule has 0 aliphatic carbocycles. The molecule has 3 heterocycles. The Morgan fingerprint density at radius 3 is 2.08 bits per heavy atom. The number of esters is 1. The lowest BCUT2D eigenvalue weighted by Gasteiger charge is -2.51. The zero-order valence-corrected chi connectivity index (χ0v) is 20.9. The number of nitrogens with one attached hydrogen (secondary N) is 1. The molecule has 6 heteroatoms. The molecule has 3 aromatic carbocycles. The number of rotatable bonds is 9. The van der Waals surface area contributed by atoms with Crippen LogP contribution in [0.4, 0.5) is 0 Å². The number of ketones is 1. The summed E-state index contributed by atoms with van der Waals surface area (Å²) in [6, 6.07) is 27.2. The molecule has 0 saturated carbocycles. The number of benzene rings is 3. The molecule has 37 heavy (non-hydrogen) atoms. The van der Waals surface area contributed by atoms with E-state index in [2.05, 4.69) is 5.32 Å². The summed E-state index contributed by atoms with van der Waals surface area (Å²) in [6.07, 6.45) is 1.77. The number of hydrogen-bond acceptors (Lipinski definition) is 4. The molecule has 3 aliphatic rings.